The van der Waals surface area contributed by atoms with Gasteiger partial charge >= 0.3 is 0 Å². The molecule has 3 aromatic rings. The largest absolute Gasteiger partial charge is 0.338 e. The van der Waals surface area contributed by atoms with Crippen LogP contribution < -0.4 is 5.32 Å². The number of carbonyl (C=O) groups is 1. The maximum atomic E-state index is 12.7. The highest BCUT2D eigenvalue weighted by atomic mass is 35.5. The Morgan fingerprint density at radius 2 is 1.96 bits per heavy atom. The van der Waals surface area contributed by atoms with E-state index < -0.39 is 0 Å². The normalized spacial score (nSPS) is 16.3. The molecule has 0 aliphatic carbocycles. The molecule has 0 bridgehead atoms. The fraction of sp³-hybridized carbons (Fsp3) is 0.211. The van der Waals surface area contributed by atoms with Gasteiger partial charge < -0.3 is 10.2 Å². The fourth-order valence-corrected chi connectivity index (χ4v) is 3.23. The van der Waals surface area contributed by atoms with Gasteiger partial charge in [-0.25, -0.2) is 15.0 Å². The monoisotopic (exact) mass is 380 g/mol. The Bertz CT molecular complexity index is 934. The van der Waals surface area contributed by atoms with Crippen LogP contribution in [0.25, 0.3) is 0 Å². The Morgan fingerprint density at radius 3 is 2.74 bits per heavy atom. The Labute approximate surface area is 161 Å². The summed E-state index contributed by atoms with van der Waals surface area (Å²) in [4.78, 5) is 31.5. The lowest BCUT2D eigenvalue weighted by Gasteiger charge is -2.16. The van der Waals surface area contributed by atoms with Crippen LogP contribution in [0.5, 0.6) is 0 Å². The average Bonchev–Trinajstić information content (AvgIpc) is 3.19. The quantitative estimate of drug-likeness (QED) is 0.747. The van der Waals surface area contributed by atoms with E-state index in [0.29, 0.717) is 35.4 Å². The second-order valence-electron chi connectivity index (χ2n) is 6.26. The molecule has 3 heterocycles. The van der Waals surface area contributed by atoms with Gasteiger partial charge in [0.1, 0.15) is 0 Å². The molecule has 1 aliphatic heterocycles. The molecule has 1 fully saturated rings. The van der Waals surface area contributed by atoms with Gasteiger partial charge in [-0.1, -0.05) is 11.6 Å². The predicted octanol–water partition coefficient (Wildman–Crippen LogP) is 3.29. The van der Waals surface area contributed by atoms with Crippen LogP contribution in [0.4, 0.5) is 11.8 Å². The zero-order chi connectivity index (χ0) is 18.6. The van der Waals surface area contributed by atoms with Gasteiger partial charge in [-0.15, -0.1) is 0 Å². The third kappa shape index (κ3) is 4.03. The minimum atomic E-state index is 0.0149. The third-order valence-electron chi connectivity index (χ3n) is 4.47. The van der Waals surface area contributed by atoms with Gasteiger partial charge in [0.2, 0.25) is 5.95 Å². The van der Waals surface area contributed by atoms with Crippen LogP contribution >= 0.6 is 11.6 Å². The minimum Gasteiger partial charge on any atom is -0.338 e. The zero-order valence-electron chi connectivity index (χ0n) is 14.4. The van der Waals surface area contributed by atoms with Gasteiger partial charge in [0, 0.05) is 48.2 Å². The second-order valence-corrected chi connectivity index (χ2v) is 6.70. The third-order valence-corrected chi connectivity index (χ3v) is 4.72. The van der Waals surface area contributed by atoms with Gasteiger partial charge in [-0.2, -0.15) is 0 Å². The Balaban J connectivity index is 1.45. The van der Waals surface area contributed by atoms with Gasteiger partial charge in [0.05, 0.1) is 11.9 Å². The van der Waals surface area contributed by atoms with E-state index in [0.717, 1.165) is 12.1 Å². The molecule has 1 saturated heterocycles. The van der Waals surface area contributed by atoms with Crippen LogP contribution in [0.15, 0.2) is 55.1 Å². The number of carbonyl (C=O) groups excluding carboxylic acids is 1. The summed E-state index contributed by atoms with van der Waals surface area (Å²) in [5, 5.41) is 3.66. The average molecular weight is 381 g/mol. The molecule has 8 heteroatoms. The minimum absolute atomic E-state index is 0.0149. The lowest BCUT2D eigenvalue weighted by Crippen LogP contribution is -2.28. The highest BCUT2D eigenvalue weighted by Crippen LogP contribution is 2.27. The topological polar surface area (TPSA) is 83.9 Å². The van der Waals surface area contributed by atoms with Crippen LogP contribution in [0.1, 0.15) is 28.4 Å². The molecule has 1 N–H and O–H groups in total. The Morgan fingerprint density at radius 1 is 1.11 bits per heavy atom. The van der Waals surface area contributed by atoms with E-state index in [1.165, 1.54) is 0 Å². The van der Waals surface area contributed by atoms with Crippen molar-refractivity contribution in [1.82, 2.24) is 24.8 Å². The predicted molar refractivity (Wildman–Crippen MR) is 102 cm³/mol. The lowest BCUT2D eigenvalue weighted by molar-refractivity contribution is 0.0790. The smallest absolute Gasteiger partial charge is 0.253 e. The summed E-state index contributed by atoms with van der Waals surface area (Å²) in [6, 6.07) is 8.87. The number of anilines is 2. The van der Waals surface area contributed by atoms with Crippen LogP contribution in [0, 0.1) is 0 Å². The van der Waals surface area contributed by atoms with E-state index in [1.807, 2.05) is 11.0 Å². The molecule has 0 saturated carbocycles. The molecule has 0 unspecified atom stereocenters. The van der Waals surface area contributed by atoms with Crippen molar-refractivity contribution < 1.29 is 4.79 Å². The molecule has 1 amide bonds. The number of hydrogen-bond acceptors (Lipinski definition) is 6. The highest BCUT2D eigenvalue weighted by molar-refractivity contribution is 6.30. The summed E-state index contributed by atoms with van der Waals surface area (Å²) < 4.78 is 0. The number of benzene rings is 1. The molecule has 2 aromatic heterocycles. The molecule has 1 aliphatic rings. The number of hydrogen-bond donors (Lipinski definition) is 1. The lowest BCUT2D eigenvalue weighted by atomic mass is 10.1. The van der Waals surface area contributed by atoms with Gasteiger partial charge in [-0.3, -0.25) is 9.78 Å². The Hall–Kier alpha value is -3.06. The standard InChI is InChI=1S/C19H17ClN6O/c20-15-3-1-13(2-4-15)18(27)26-10-6-14(12-26)16-5-7-23-19(24-16)25-17-11-21-8-9-22-17/h1-5,7-9,11,14H,6,10,12H2,(H,22,23,24,25)/t14-/m0/s1. The first kappa shape index (κ1) is 17.4. The first-order chi connectivity index (χ1) is 13.2. The SMILES string of the molecule is O=C(c1ccc(Cl)cc1)N1CC[C@H](c2ccnc(Nc3cnccn3)n2)C1. The van der Waals surface area contributed by atoms with Gasteiger partial charge in [0.15, 0.2) is 5.82 Å². The van der Waals surface area contributed by atoms with E-state index in [4.69, 9.17) is 11.6 Å². The molecule has 4 rings (SSSR count). The van der Waals surface area contributed by atoms with Crippen molar-refractivity contribution in [2.75, 3.05) is 18.4 Å². The van der Waals surface area contributed by atoms with Crippen LogP contribution in [-0.2, 0) is 0 Å². The summed E-state index contributed by atoms with van der Waals surface area (Å²) in [7, 11) is 0. The van der Waals surface area contributed by atoms with E-state index in [-0.39, 0.29) is 11.8 Å². The summed E-state index contributed by atoms with van der Waals surface area (Å²) in [5.41, 5.74) is 1.55. The number of halogens is 1. The van der Waals surface area contributed by atoms with Crippen LogP contribution in [0.2, 0.25) is 5.02 Å². The maximum Gasteiger partial charge on any atom is 0.253 e. The van der Waals surface area contributed by atoms with E-state index in [1.54, 1.807) is 49.1 Å². The molecular formula is C19H17ClN6O. The van der Waals surface area contributed by atoms with E-state index in [9.17, 15) is 4.79 Å². The van der Waals surface area contributed by atoms with E-state index in [2.05, 4.69) is 25.3 Å². The number of rotatable bonds is 4. The molecule has 0 radical (unpaired) electrons. The number of nitrogens with one attached hydrogen (secondary N) is 1. The summed E-state index contributed by atoms with van der Waals surface area (Å²) >= 11 is 5.90. The van der Waals surface area contributed by atoms with Gasteiger partial charge in [-0.05, 0) is 36.8 Å². The summed E-state index contributed by atoms with van der Waals surface area (Å²) in [6.07, 6.45) is 7.39. The summed E-state index contributed by atoms with van der Waals surface area (Å²) in [6.45, 7) is 1.33. The second kappa shape index (κ2) is 7.67. The molecule has 1 atom stereocenters. The van der Waals surface area contributed by atoms with Crippen molar-refractivity contribution in [3.05, 3.63) is 71.4 Å². The van der Waals surface area contributed by atoms with Crippen molar-refractivity contribution in [3.63, 3.8) is 0 Å². The fourth-order valence-electron chi connectivity index (χ4n) is 3.10. The molecule has 7 nitrogen and oxygen atoms in total. The van der Waals surface area contributed by atoms with Crippen LogP contribution in [0.3, 0.4) is 0 Å². The maximum absolute atomic E-state index is 12.7. The zero-order valence-corrected chi connectivity index (χ0v) is 15.2. The number of nitrogens with zero attached hydrogens (tertiary/aromatic N) is 5. The highest BCUT2D eigenvalue weighted by Gasteiger charge is 2.29. The molecule has 0 spiro atoms. The molecular weight excluding hydrogens is 364 g/mol. The van der Waals surface area contributed by atoms with Crippen molar-refractivity contribution in [3.8, 4) is 0 Å². The molecule has 136 valence electrons. The molecule has 1 aromatic carbocycles. The summed E-state index contributed by atoms with van der Waals surface area (Å²) in [5.74, 6) is 1.24. The van der Waals surface area contributed by atoms with E-state index >= 15 is 0 Å². The first-order valence-corrected chi connectivity index (χ1v) is 8.97. The van der Waals surface area contributed by atoms with Crippen molar-refractivity contribution in [1.29, 1.82) is 0 Å². The van der Waals surface area contributed by atoms with Crippen molar-refractivity contribution in [2.24, 2.45) is 0 Å². The van der Waals surface area contributed by atoms with Crippen molar-refractivity contribution in [2.45, 2.75) is 12.3 Å². The number of aromatic nitrogens is 4. The Kier molecular flexibility index (Phi) is 4.93. The first-order valence-electron chi connectivity index (χ1n) is 8.60. The van der Waals surface area contributed by atoms with Crippen molar-refractivity contribution >= 4 is 29.3 Å². The number of likely N-dealkylation sites (tertiary alicyclic amines) is 1. The number of amides is 1. The van der Waals surface area contributed by atoms with Crippen LogP contribution in [-0.4, -0.2) is 43.8 Å². The molecule has 27 heavy (non-hydrogen) atoms. The van der Waals surface area contributed by atoms with Gasteiger partial charge in [0.25, 0.3) is 5.91 Å².